The molecular formula is C10H14N6. The molecule has 0 spiro atoms. The lowest BCUT2D eigenvalue weighted by atomic mass is 10.2. The van der Waals surface area contributed by atoms with Gasteiger partial charge in [0.05, 0.1) is 0 Å². The Morgan fingerprint density at radius 1 is 1.12 bits per heavy atom. The Labute approximate surface area is 93.7 Å². The first-order valence-electron chi connectivity index (χ1n) is 4.96. The molecule has 1 aromatic rings. The molecule has 0 aromatic heterocycles. The van der Waals surface area contributed by atoms with E-state index in [1.807, 2.05) is 42.5 Å². The largest absolute Gasteiger partial charge is 0.277 e. The summed E-state index contributed by atoms with van der Waals surface area (Å²) in [5, 5.41) is 4.00. The Morgan fingerprint density at radius 3 is 2.62 bits per heavy atom. The molecule has 6 nitrogen and oxygen atoms in total. The average molecular weight is 218 g/mol. The molecule has 16 heavy (non-hydrogen) atoms. The van der Waals surface area contributed by atoms with Gasteiger partial charge in [-0.3, -0.25) is 5.43 Å². The maximum Gasteiger partial charge on any atom is 0.175 e. The van der Waals surface area contributed by atoms with Gasteiger partial charge in [0.15, 0.2) is 6.29 Å². The molecule has 0 radical (unpaired) electrons. The van der Waals surface area contributed by atoms with Crippen LogP contribution in [-0.2, 0) is 0 Å². The number of nitrogens with one attached hydrogen (secondary N) is 5. The third kappa shape index (κ3) is 3.44. The smallest absolute Gasteiger partial charge is 0.175 e. The summed E-state index contributed by atoms with van der Waals surface area (Å²) in [6.45, 7) is 0. The topological polar surface area (TPSA) is 72.5 Å². The second-order valence-corrected chi connectivity index (χ2v) is 3.15. The molecule has 6 heteroatoms. The van der Waals surface area contributed by atoms with Gasteiger partial charge in [0.25, 0.3) is 0 Å². The zero-order valence-electron chi connectivity index (χ0n) is 8.64. The summed E-state index contributed by atoms with van der Waals surface area (Å²) >= 11 is 0. The van der Waals surface area contributed by atoms with Crippen LogP contribution < -0.4 is 27.3 Å². The summed E-state index contributed by atoms with van der Waals surface area (Å²) in [5.74, 6) is 0. The summed E-state index contributed by atoms with van der Waals surface area (Å²) in [4.78, 5) is 0. The molecule has 0 amide bonds. The van der Waals surface area contributed by atoms with Gasteiger partial charge in [-0.05, 0) is 11.6 Å². The van der Waals surface area contributed by atoms with Crippen LogP contribution in [0.5, 0.6) is 0 Å². The highest BCUT2D eigenvalue weighted by atomic mass is 15.9. The zero-order valence-corrected chi connectivity index (χ0v) is 8.64. The van der Waals surface area contributed by atoms with E-state index in [1.54, 1.807) is 6.21 Å². The Balaban J connectivity index is 1.74. The molecule has 1 aromatic carbocycles. The second kappa shape index (κ2) is 5.99. The van der Waals surface area contributed by atoms with Crippen molar-refractivity contribution >= 4 is 12.3 Å². The van der Waals surface area contributed by atoms with Crippen molar-refractivity contribution in [3.05, 3.63) is 42.0 Å². The van der Waals surface area contributed by atoms with Crippen molar-refractivity contribution in [2.24, 2.45) is 5.10 Å². The first-order chi connectivity index (χ1) is 7.95. The molecule has 1 aliphatic heterocycles. The van der Waals surface area contributed by atoms with E-state index in [0.717, 1.165) is 5.56 Å². The van der Waals surface area contributed by atoms with Crippen molar-refractivity contribution in [1.82, 2.24) is 27.3 Å². The number of hydrogen-bond acceptors (Lipinski definition) is 6. The molecule has 1 heterocycles. The molecule has 1 saturated heterocycles. The van der Waals surface area contributed by atoms with Crippen LogP contribution in [0.4, 0.5) is 0 Å². The Kier molecular flexibility index (Phi) is 4.03. The number of hydrazine groups is 3. The summed E-state index contributed by atoms with van der Waals surface area (Å²) in [5.41, 5.74) is 15.0. The number of benzene rings is 1. The van der Waals surface area contributed by atoms with Crippen LogP contribution in [0.1, 0.15) is 5.56 Å². The van der Waals surface area contributed by atoms with Gasteiger partial charge < -0.3 is 0 Å². The van der Waals surface area contributed by atoms with Gasteiger partial charge in [-0.25, -0.2) is 10.9 Å². The van der Waals surface area contributed by atoms with Gasteiger partial charge in [-0.2, -0.15) is 16.2 Å². The summed E-state index contributed by atoms with van der Waals surface area (Å²) in [6.07, 6.45) is 5.42. The van der Waals surface area contributed by atoms with Crippen LogP contribution in [0.15, 0.2) is 41.5 Å². The van der Waals surface area contributed by atoms with Gasteiger partial charge in [-0.1, -0.05) is 36.4 Å². The van der Waals surface area contributed by atoms with Crippen molar-refractivity contribution < 1.29 is 0 Å². The van der Waals surface area contributed by atoms with E-state index >= 15 is 0 Å². The highest BCUT2D eigenvalue weighted by Gasteiger charge is 2.08. The highest BCUT2D eigenvalue weighted by Crippen LogP contribution is 1.99. The predicted octanol–water partition coefficient (Wildman–Crippen LogP) is -0.324. The molecule has 1 aliphatic rings. The van der Waals surface area contributed by atoms with Crippen LogP contribution >= 0.6 is 0 Å². The molecular weight excluding hydrogens is 204 g/mol. The molecule has 84 valence electrons. The van der Waals surface area contributed by atoms with Crippen molar-refractivity contribution in [2.75, 3.05) is 0 Å². The monoisotopic (exact) mass is 218 g/mol. The minimum absolute atomic E-state index is 0.124. The quantitative estimate of drug-likeness (QED) is 0.354. The minimum Gasteiger partial charge on any atom is -0.277 e. The number of hydrogen-bond donors (Lipinski definition) is 5. The standard InChI is InChI=1S/C10H14N6/c1-2-5-9(6-3-1)7-4-8-11-12-10-13-15-16-14-10/h1-8,10,12-16H/b7-4+,11-8+. The maximum absolute atomic E-state index is 4.00. The molecule has 0 unspecified atom stereocenters. The van der Waals surface area contributed by atoms with Crippen LogP contribution in [0.3, 0.4) is 0 Å². The number of nitrogens with zero attached hydrogens (tertiary/aromatic N) is 1. The lowest BCUT2D eigenvalue weighted by Gasteiger charge is -2.05. The van der Waals surface area contributed by atoms with Gasteiger partial charge in [0.1, 0.15) is 0 Å². The number of hydrazone groups is 1. The Bertz CT molecular complexity index is 355. The average Bonchev–Trinajstić information content (AvgIpc) is 2.83. The fraction of sp³-hybridized carbons (Fsp3) is 0.100. The first kappa shape index (κ1) is 10.8. The maximum atomic E-state index is 4.00. The zero-order chi connectivity index (χ0) is 11.1. The van der Waals surface area contributed by atoms with Crippen LogP contribution in [0.2, 0.25) is 0 Å². The number of allylic oxidation sites excluding steroid dienone is 1. The van der Waals surface area contributed by atoms with Crippen molar-refractivity contribution in [3.8, 4) is 0 Å². The molecule has 1 fully saturated rings. The van der Waals surface area contributed by atoms with E-state index in [0.29, 0.717) is 0 Å². The van der Waals surface area contributed by atoms with Gasteiger partial charge in [-0.15, -0.1) is 0 Å². The van der Waals surface area contributed by atoms with Crippen molar-refractivity contribution in [2.45, 2.75) is 6.29 Å². The van der Waals surface area contributed by atoms with Gasteiger partial charge in [0.2, 0.25) is 0 Å². The van der Waals surface area contributed by atoms with E-state index in [2.05, 4.69) is 32.4 Å². The number of rotatable bonds is 4. The van der Waals surface area contributed by atoms with E-state index in [-0.39, 0.29) is 6.29 Å². The first-order valence-corrected chi connectivity index (χ1v) is 4.96. The SMILES string of the molecule is C(=C\c1ccccc1)/C=N/NC1NNNN1. The van der Waals surface area contributed by atoms with E-state index in [4.69, 9.17) is 0 Å². The van der Waals surface area contributed by atoms with Crippen LogP contribution in [-0.4, -0.2) is 12.5 Å². The lowest BCUT2D eigenvalue weighted by molar-refractivity contribution is 0.439. The minimum atomic E-state index is -0.124. The second-order valence-electron chi connectivity index (χ2n) is 3.15. The summed E-state index contributed by atoms with van der Waals surface area (Å²) in [6, 6.07) is 10.1. The van der Waals surface area contributed by atoms with Crippen molar-refractivity contribution in [1.29, 1.82) is 0 Å². The van der Waals surface area contributed by atoms with Gasteiger partial charge in [0, 0.05) is 6.21 Å². The molecule has 0 aliphatic carbocycles. The highest BCUT2D eigenvalue weighted by molar-refractivity contribution is 5.77. The Hall–Kier alpha value is -1.73. The molecule has 0 saturated carbocycles. The summed E-state index contributed by atoms with van der Waals surface area (Å²) in [7, 11) is 0. The van der Waals surface area contributed by atoms with E-state index in [1.165, 1.54) is 0 Å². The van der Waals surface area contributed by atoms with Gasteiger partial charge >= 0.3 is 0 Å². The normalized spacial score (nSPS) is 17.5. The van der Waals surface area contributed by atoms with Crippen LogP contribution in [0, 0.1) is 0 Å². The third-order valence-corrected chi connectivity index (χ3v) is 1.95. The Morgan fingerprint density at radius 2 is 1.88 bits per heavy atom. The van der Waals surface area contributed by atoms with E-state index in [9.17, 15) is 0 Å². The van der Waals surface area contributed by atoms with Crippen LogP contribution in [0.25, 0.3) is 6.08 Å². The van der Waals surface area contributed by atoms with Crippen molar-refractivity contribution in [3.63, 3.8) is 0 Å². The third-order valence-electron chi connectivity index (χ3n) is 1.95. The lowest BCUT2D eigenvalue weighted by Crippen LogP contribution is -2.44. The van der Waals surface area contributed by atoms with E-state index < -0.39 is 0 Å². The fourth-order valence-electron chi connectivity index (χ4n) is 1.20. The molecule has 0 bridgehead atoms. The predicted molar refractivity (Wildman–Crippen MR) is 63.4 cm³/mol. The molecule has 2 rings (SSSR count). The molecule has 5 N–H and O–H groups in total. The summed E-state index contributed by atoms with van der Waals surface area (Å²) < 4.78 is 0. The molecule has 0 atom stereocenters. The fourth-order valence-corrected chi connectivity index (χ4v) is 1.20.